The monoisotopic (exact) mass is 396 g/mol. The van der Waals surface area contributed by atoms with Crippen molar-refractivity contribution in [3.05, 3.63) is 41.3 Å². The Kier molecular flexibility index (Phi) is 5.47. The number of nitrogens with zero attached hydrogens (tertiary/aromatic N) is 3. The van der Waals surface area contributed by atoms with Crippen LogP contribution in [-0.2, 0) is 14.8 Å². The normalized spacial score (nSPS) is 15.7. The molecule has 8 nitrogen and oxygen atoms in total. The number of carbonyl (C=O) groups excluding carboxylic acids is 1. The number of piperazine rings is 1. The van der Waals surface area contributed by atoms with E-state index in [2.05, 4.69) is 10.2 Å². The van der Waals surface area contributed by atoms with E-state index >= 15 is 0 Å². The number of ether oxygens (including phenoxy) is 1. The number of nitrogens with one attached hydrogen (secondary N) is 1. The van der Waals surface area contributed by atoms with E-state index in [1.54, 1.807) is 26.0 Å². The highest BCUT2D eigenvalue weighted by atomic mass is 32.2. The standard InChI is InChI=1S/C17H21FN4O4S/c1-3-26-17(23)15-12(2)19-20-16(15)27(24,25)22-10-8-21(9-11-22)14-6-4-13(18)5-7-14/h4-7H,3,8-11H2,1-2H3,(H,19,20). The van der Waals surface area contributed by atoms with Crippen LogP contribution in [0.25, 0.3) is 0 Å². The first-order chi connectivity index (χ1) is 12.8. The minimum absolute atomic E-state index is 0.0576. The number of halogens is 1. The number of sulfonamides is 1. The topological polar surface area (TPSA) is 95.6 Å². The Bertz CT molecular complexity index is 919. The Morgan fingerprint density at radius 2 is 1.85 bits per heavy atom. The molecule has 0 aliphatic carbocycles. The summed E-state index contributed by atoms with van der Waals surface area (Å²) in [5.74, 6) is -1.03. The van der Waals surface area contributed by atoms with E-state index < -0.39 is 16.0 Å². The fourth-order valence-electron chi connectivity index (χ4n) is 3.00. The van der Waals surface area contributed by atoms with Gasteiger partial charge in [-0.1, -0.05) is 0 Å². The first-order valence-electron chi connectivity index (χ1n) is 8.57. The van der Waals surface area contributed by atoms with Crippen molar-refractivity contribution >= 4 is 21.7 Å². The van der Waals surface area contributed by atoms with E-state index in [4.69, 9.17) is 4.74 Å². The van der Waals surface area contributed by atoms with Crippen LogP contribution in [0.15, 0.2) is 29.3 Å². The molecule has 0 radical (unpaired) electrons. The van der Waals surface area contributed by atoms with Crippen molar-refractivity contribution in [2.45, 2.75) is 18.9 Å². The van der Waals surface area contributed by atoms with Crippen LogP contribution in [0.5, 0.6) is 0 Å². The van der Waals surface area contributed by atoms with Crippen LogP contribution in [0.3, 0.4) is 0 Å². The maximum Gasteiger partial charge on any atom is 0.343 e. The quantitative estimate of drug-likeness (QED) is 0.771. The third kappa shape index (κ3) is 3.81. The second-order valence-corrected chi connectivity index (χ2v) is 7.97. The average Bonchev–Trinajstić information content (AvgIpc) is 3.05. The van der Waals surface area contributed by atoms with Gasteiger partial charge in [0, 0.05) is 37.6 Å². The molecule has 1 saturated heterocycles. The van der Waals surface area contributed by atoms with Crippen LogP contribution in [-0.4, -0.2) is 61.7 Å². The van der Waals surface area contributed by atoms with Crippen molar-refractivity contribution < 1.29 is 22.3 Å². The lowest BCUT2D eigenvalue weighted by Crippen LogP contribution is -2.49. The highest BCUT2D eigenvalue weighted by molar-refractivity contribution is 7.89. The fraction of sp³-hybridized carbons (Fsp3) is 0.412. The number of esters is 1. The van der Waals surface area contributed by atoms with Crippen LogP contribution in [0.1, 0.15) is 23.0 Å². The average molecular weight is 396 g/mol. The van der Waals surface area contributed by atoms with Crippen molar-refractivity contribution in [2.75, 3.05) is 37.7 Å². The van der Waals surface area contributed by atoms with Gasteiger partial charge in [-0.05, 0) is 38.1 Å². The van der Waals surface area contributed by atoms with Gasteiger partial charge in [0.25, 0.3) is 10.0 Å². The number of aromatic amines is 1. The van der Waals surface area contributed by atoms with E-state index in [-0.39, 0.29) is 36.1 Å². The third-order valence-electron chi connectivity index (χ3n) is 4.41. The van der Waals surface area contributed by atoms with Gasteiger partial charge in [-0.3, -0.25) is 5.10 Å². The lowest BCUT2D eigenvalue weighted by atomic mass is 10.2. The molecule has 1 aromatic carbocycles. The zero-order chi connectivity index (χ0) is 19.6. The number of aryl methyl sites for hydroxylation is 1. The summed E-state index contributed by atoms with van der Waals surface area (Å²) < 4.78 is 45.3. The third-order valence-corrected chi connectivity index (χ3v) is 6.24. The minimum atomic E-state index is -3.94. The molecular formula is C17H21FN4O4S. The molecule has 0 amide bonds. The second kappa shape index (κ2) is 7.65. The lowest BCUT2D eigenvalue weighted by molar-refractivity contribution is 0.0520. The summed E-state index contributed by atoms with van der Waals surface area (Å²) in [7, 11) is -3.94. The molecule has 1 N–H and O–H groups in total. The fourth-order valence-corrected chi connectivity index (χ4v) is 4.54. The first kappa shape index (κ1) is 19.3. The van der Waals surface area contributed by atoms with Crippen molar-refractivity contribution in [3.63, 3.8) is 0 Å². The van der Waals surface area contributed by atoms with Crippen LogP contribution < -0.4 is 4.90 Å². The molecule has 1 aliphatic heterocycles. The van der Waals surface area contributed by atoms with Gasteiger partial charge in [0.1, 0.15) is 11.4 Å². The summed E-state index contributed by atoms with van der Waals surface area (Å²) in [4.78, 5) is 14.1. The van der Waals surface area contributed by atoms with Crippen molar-refractivity contribution in [2.24, 2.45) is 0 Å². The largest absolute Gasteiger partial charge is 0.462 e. The lowest BCUT2D eigenvalue weighted by Gasteiger charge is -2.35. The predicted molar refractivity (Wildman–Crippen MR) is 96.7 cm³/mol. The number of hydrogen-bond donors (Lipinski definition) is 1. The SMILES string of the molecule is CCOC(=O)c1c(S(=O)(=O)N2CCN(c3ccc(F)cc3)CC2)n[nH]c1C. The van der Waals surface area contributed by atoms with Crippen LogP contribution >= 0.6 is 0 Å². The molecule has 10 heteroatoms. The second-order valence-electron chi connectivity index (χ2n) is 6.12. The molecule has 1 aliphatic rings. The molecular weight excluding hydrogens is 375 g/mol. The zero-order valence-corrected chi connectivity index (χ0v) is 15.9. The highest BCUT2D eigenvalue weighted by Crippen LogP contribution is 2.24. The summed E-state index contributed by atoms with van der Waals surface area (Å²) in [5.41, 5.74) is 1.12. The molecule has 1 fully saturated rings. The Balaban J connectivity index is 1.78. The molecule has 1 aromatic heterocycles. The molecule has 2 heterocycles. The number of rotatable bonds is 5. The van der Waals surface area contributed by atoms with Gasteiger partial charge in [-0.2, -0.15) is 9.40 Å². The summed E-state index contributed by atoms with van der Waals surface area (Å²) in [6.07, 6.45) is 0. The van der Waals surface area contributed by atoms with E-state index in [0.29, 0.717) is 18.8 Å². The van der Waals surface area contributed by atoms with E-state index in [1.807, 2.05) is 4.90 Å². The van der Waals surface area contributed by atoms with Crippen molar-refractivity contribution in [3.8, 4) is 0 Å². The van der Waals surface area contributed by atoms with Gasteiger partial charge >= 0.3 is 5.97 Å². The van der Waals surface area contributed by atoms with Gasteiger partial charge in [-0.15, -0.1) is 0 Å². The number of H-pyrrole nitrogens is 1. The highest BCUT2D eigenvalue weighted by Gasteiger charge is 2.35. The zero-order valence-electron chi connectivity index (χ0n) is 15.1. The van der Waals surface area contributed by atoms with E-state index in [0.717, 1.165) is 5.69 Å². The smallest absolute Gasteiger partial charge is 0.343 e. The van der Waals surface area contributed by atoms with Crippen LogP contribution in [0.4, 0.5) is 10.1 Å². The molecule has 146 valence electrons. The van der Waals surface area contributed by atoms with Gasteiger partial charge in [0.05, 0.1) is 6.61 Å². The Morgan fingerprint density at radius 3 is 2.44 bits per heavy atom. The van der Waals surface area contributed by atoms with Gasteiger partial charge in [0.2, 0.25) is 5.03 Å². The van der Waals surface area contributed by atoms with E-state index in [9.17, 15) is 17.6 Å². The Morgan fingerprint density at radius 1 is 1.22 bits per heavy atom. The Hall–Kier alpha value is -2.46. The Labute approximate surface area is 157 Å². The maximum absolute atomic E-state index is 13.1. The van der Waals surface area contributed by atoms with Crippen molar-refractivity contribution in [1.29, 1.82) is 0 Å². The van der Waals surface area contributed by atoms with Gasteiger partial charge in [0.15, 0.2) is 0 Å². The van der Waals surface area contributed by atoms with Gasteiger partial charge < -0.3 is 9.64 Å². The molecule has 0 unspecified atom stereocenters. The molecule has 3 rings (SSSR count). The number of hydrogen-bond acceptors (Lipinski definition) is 6. The summed E-state index contributed by atoms with van der Waals surface area (Å²) in [6, 6.07) is 6.07. The molecule has 0 atom stereocenters. The molecule has 0 saturated carbocycles. The molecule has 0 bridgehead atoms. The van der Waals surface area contributed by atoms with Crippen molar-refractivity contribution in [1.82, 2.24) is 14.5 Å². The maximum atomic E-state index is 13.1. The summed E-state index contributed by atoms with van der Waals surface area (Å²) >= 11 is 0. The number of aromatic nitrogens is 2. The number of benzene rings is 1. The minimum Gasteiger partial charge on any atom is -0.462 e. The van der Waals surface area contributed by atoms with Gasteiger partial charge in [-0.25, -0.2) is 17.6 Å². The molecule has 0 spiro atoms. The number of anilines is 1. The number of carbonyl (C=O) groups is 1. The first-order valence-corrected chi connectivity index (χ1v) is 10.0. The summed E-state index contributed by atoms with van der Waals surface area (Å²) in [5, 5.41) is 6.09. The summed E-state index contributed by atoms with van der Waals surface area (Å²) in [6.45, 7) is 4.72. The molecule has 2 aromatic rings. The predicted octanol–water partition coefficient (Wildman–Crippen LogP) is 1.54. The van der Waals surface area contributed by atoms with Crippen LogP contribution in [0, 0.1) is 12.7 Å². The molecule has 27 heavy (non-hydrogen) atoms. The van der Waals surface area contributed by atoms with Crippen LogP contribution in [0.2, 0.25) is 0 Å². The van der Waals surface area contributed by atoms with E-state index in [1.165, 1.54) is 16.4 Å².